The summed E-state index contributed by atoms with van der Waals surface area (Å²) in [6, 6.07) is 5.86. The van der Waals surface area contributed by atoms with Gasteiger partial charge in [-0.15, -0.1) is 0 Å². The highest BCUT2D eigenvalue weighted by Gasteiger charge is 2.07. The molecule has 2 aromatic rings. The van der Waals surface area contributed by atoms with Crippen molar-refractivity contribution in [2.45, 2.75) is 26.8 Å². The van der Waals surface area contributed by atoms with Gasteiger partial charge in [0.05, 0.1) is 18.5 Å². The van der Waals surface area contributed by atoms with Crippen LogP contribution in [0, 0.1) is 0 Å². The molecule has 0 aliphatic carbocycles. The molecule has 2 aromatic heterocycles. The topological polar surface area (TPSA) is 42.4 Å². The Bertz CT molecular complexity index is 526. The van der Waals surface area contributed by atoms with E-state index in [1.165, 1.54) is 5.57 Å². The second-order valence-corrected chi connectivity index (χ2v) is 4.82. The van der Waals surface area contributed by atoms with Crippen molar-refractivity contribution in [2.24, 2.45) is 0 Å². The molecule has 2 heterocycles. The lowest BCUT2D eigenvalue weighted by molar-refractivity contribution is 0.287. The van der Waals surface area contributed by atoms with Gasteiger partial charge in [0.25, 0.3) is 0 Å². The van der Waals surface area contributed by atoms with Crippen LogP contribution in [0.1, 0.15) is 31.1 Å². The smallest absolute Gasteiger partial charge is 0.150 e. The first kappa shape index (κ1) is 13.6. The Kier molecular flexibility index (Phi) is 4.58. The molecule has 0 saturated carbocycles. The number of aryl methyl sites for hydroxylation is 1. The summed E-state index contributed by atoms with van der Waals surface area (Å²) in [5, 5.41) is 4.00. The number of nitrogens with zero attached hydrogens (tertiary/aromatic N) is 2. The van der Waals surface area contributed by atoms with Crippen LogP contribution in [0.4, 0.5) is 0 Å². The van der Waals surface area contributed by atoms with Crippen molar-refractivity contribution in [3.05, 3.63) is 47.2 Å². The third-order valence-electron chi connectivity index (χ3n) is 2.85. The van der Waals surface area contributed by atoms with Crippen LogP contribution in [0.3, 0.4) is 0 Å². The Morgan fingerprint density at radius 3 is 2.95 bits per heavy atom. The molecule has 0 fully saturated rings. The van der Waals surface area contributed by atoms with Crippen molar-refractivity contribution in [2.75, 3.05) is 13.6 Å². The lowest BCUT2D eigenvalue weighted by Gasteiger charge is -2.14. The second-order valence-electron chi connectivity index (χ2n) is 4.82. The maximum Gasteiger partial charge on any atom is 0.150 e. The maximum atomic E-state index is 5.30. The number of hydrogen-bond acceptors (Lipinski definition) is 4. The van der Waals surface area contributed by atoms with Gasteiger partial charge in [0.1, 0.15) is 5.76 Å². The summed E-state index contributed by atoms with van der Waals surface area (Å²) in [6.07, 6.45) is 4.64. The fourth-order valence-electron chi connectivity index (χ4n) is 2.01. The third-order valence-corrected chi connectivity index (χ3v) is 2.85. The summed E-state index contributed by atoms with van der Waals surface area (Å²) >= 11 is 0. The lowest BCUT2D eigenvalue weighted by atomic mass is 10.2. The minimum Gasteiger partial charge on any atom is -0.465 e. The molecule has 0 bridgehead atoms. The molecular formula is C15H20N2O2. The van der Waals surface area contributed by atoms with E-state index in [1.807, 2.05) is 24.3 Å². The first-order valence-corrected chi connectivity index (χ1v) is 6.51. The van der Waals surface area contributed by atoms with E-state index in [2.05, 4.69) is 31.0 Å². The molecule has 0 radical (unpaired) electrons. The normalized spacial score (nSPS) is 12.3. The molecule has 4 heteroatoms. The number of aromatic nitrogens is 1. The van der Waals surface area contributed by atoms with E-state index in [0.29, 0.717) is 0 Å². The van der Waals surface area contributed by atoms with Gasteiger partial charge < -0.3 is 8.94 Å². The van der Waals surface area contributed by atoms with E-state index in [9.17, 15) is 0 Å². The number of rotatable bonds is 6. The Balaban J connectivity index is 1.88. The van der Waals surface area contributed by atoms with Crippen molar-refractivity contribution in [3.8, 4) is 0 Å². The molecule has 0 spiro atoms. The predicted molar refractivity (Wildman–Crippen MR) is 74.6 cm³/mol. The summed E-state index contributed by atoms with van der Waals surface area (Å²) in [5.41, 5.74) is 2.25. The van der Waals surface area contributed by atoms with E-state index >= 15 is 0 Å². The van der Waals surface area contributed by atoms with Crippen LogP contribution in [-0.4, -0.2) is 23.6 Å². The predicted octanol–water partition coefficient (Wildman–Crippen LogP) is 3.37. The first-order chi connectivity index (χ1) is 9.17. The highest BCUT2D eigenvalue weighted by atomic mass is 16.5. The highest BCUT2D eigenvalue weighted by molar-refractivity contribution is 5.46. The molecule has 19 heavy (non-hydrogen) atoms. The molecule has 0 aliphatic heterocycles. The quantitative estimate of drug-likeness (QED) is 0.798. The Morgan fingerprint density at radius 2 is 2.32 bits per heavy atom. The zero-order valence-electron chi connectivity index (χ0n) is 11.7. The first-order valence-electron chi connectivity index (χ1n) is 6.51. The molecule has 4 nitrogen and oxygen atoms in total. The molecule has 2 rings (SSSR count). The summed E-state index contributed by atoms with van der Waals surface area (Å²) in [6.45, 7) is 5.79. The zero-order chi connectivity index (χ0) is 13.7. The fourth-order valence-corrected chi connectivity index (χ4v) is 2.01. The van der Waals surface area contributed by atoms with Gasteiger partial charge >= 0.3 is 0 Å². The minimum absolute atomic E-state index is 0.760. The van der Waals surface area contributed by atoms with Gasteiger partial charge in [0, 0.05) is 12.6 Å². The van der Waals surface area contributed by atoms with Crippen molar-refractivity contribution in [1.29, 1.82) is 0 Å². The van der Waals surface area contributed by atoms with Gasteiger partial charge in [0.15, 0.2) is 5.76 Å². The molecule has 0 aliphatic rings. The van der Waals surface area contributed by atoms with Gasteiger partial charge in [-0.25, -0.2) is 0 Å². The number of furan rings is 1. The monoisotopic (exact) mass is 260 g/mol. The van der Waals surface area contributed by atoms with Crippen molar-refractivity contribution in [3.63, 3.8) is 0 Å². The van der Waals surface area contributed by atoms with E-state index in [1.54, 1.807) is 6.26 Å². The van der Waals surface area contributed by atoms with E-state index < -0.39 is 0 Å². The summed E-state index contributed by atoms with van der Waals surface area (Å²) in [7, 11) is 2.06. The van der Waals surface area contributed by atoms with Crippen LogP contribution in [0.15, 0.2) is 39.0 Å². The molecule has 0 amide bonds. The van der Waals surface area contributed by atoms with E-state index in [4.69, 9.17) is 8.94 Å². The summed E-state index contributed by atoms with van der Waals surface area (Å²) in [4.78, 5) is 2.19. The average molecular weight is 260 g/mol. The molecule has 102 valence electrons. The standard InChI is InChI=1S/C15H20N2O2/c1-4-13-9-15(19-16-13)11-17(3)10-12(2)8-14-6-5-7-18-14/h5-9H,4,10-11H2,1-3H3. The van der Waals surface area contributed by atoms with Crippen LogP contribution in [0.2, 0.25) is 0 Å². The fraction of sp³-hybridized carbons (Fsp3) is 0.400. The SMILES string of the molecule is CCc1cc(CN(C)CC(C)=Cc2ccco2)on1. The van der Waals surface area contributed by atoms with Crippen LogP contribution in [-0.2, 0) is 13.0 Å². The minimum atomic E-state index is 0.760. The van der Waals surface area contributed by atoms with Gasteiger partial charge in [-0.3, -0.25) is 4.90 Å². The highest BCUT2D eigenvalue weighted by Crippen LogP contribution is 2.11. The second kappa shape index (κ2) is 6.38. The van der Waals surface area contributed by atoms with Gasteiger partial charge in [-0.1, -0.05) is 17.7 Å². The van der Waals surface area contributed by atoms with Crippen molar-refractivity contribution in [1.82, 2.24) is 10.1 Å². The maximum absolute atomic E-state index is 5.30. The van der Waals surface area contributed by atoms with E-state index in [-0.39, 0.29) is 0 Å². The van der Waals surface area contributed by atoms with Gasteiger partial charge in [-0.2, -0.15) is 0 Å². The third kappa shape index (κ3) is 4.10. The van der Waals surface area contributed by atoms with Crippen molar-refractivity contribution < 1.29 is 8.94 Å². The molecule has 0 N–H and O–H groups in total. The molecule has 0 aromatic carbocycles. The lowest BCUT2D eigenvalue weighted by Crippen LogP contribution is -2.19. The van der Waals surface area contributed by atoms with Gasteiger partial charge in [-0.05, 0) is 38.6 Å². The molecule has 0 atom stereocenters. The summed E-state index contributed by atoms with van der Waals surface area (Å²) in [5.74, 6) is 1.80. The number of likely N-dealkylation sites (N-methyl/N-ethyl adjacent to an activating group) is 1. The average Bonchev–Trinajstić information content (AvgIpc) is 3.00. The van der Waals surface area contributed by atoms with Crippen molar-refractivity contribution >= 4 is 6.08 Å². The summed E-state index contributed by atoms with van der Waals surface area (Å²) < 4.78 is 10.6. The number of hydrogen-bond donors (Lipinski definition) is 0. The Labute approximate surface area is 113 Å². The van der Waals surface area contributed by atoms with Gasteiger partial charge in [0.2, 0.25) is 0 Å². The largest absolute Gasteiger partial charge is 0.465 e. The Morgan fingerprint density at radius 1 is 1.47 bits per heavy atom. The van der Waals surface area contributed by atoms with Crippen LogP contribution in [0.25, 0.3) is 6.08 Å². The van der Waals surface area contributed by atoms with E-state index in [0.717, 1.165) is 36.7 Å². The molecule has 0 saturated heterocycles. The van der Waals surface area contributed by atoms with Crippen LogP contribution >= 0.6 is 0 Å². The van der Waals surface area contributed by atoms with Crippen LogP contribution < -0.4 is 0 Å². The molecule has 0 unspecified atom stereocenters. The zero-order valence-corrected chi connectivity index (χ0v) is 11.7. The van der Waals surface area contributed by atoms with Crippen LogP contribution in [0.5, 0.6) is 0 Å². The molecular weight excluding hydrogens is 240 g/mol. The Hall–Kier alpha value is -1.81.